The Morgan fingerprint density at radius 2 is 2.17 bits per heavy atom. The second-order valence-electron chi connectivity index (χ2n) is 4.62. The molecule has 0 aliphatic carbocycles. The van der Waals surface area contributed by atoms with Gasteiger partial charge in [-0.3, -0.25) is 0 Å². The first-order valence-electron chi connectivity index (χ1n) is 6.38. The third-order valence-electron chi connectivity index (χ3n) is 3.33. The third kappa shape index (κ3) is 3.08. The van der Waals surface area contributed by atoms with Crippen molar-refractivity contribution in [3.05, 3.63) is 12.2 Å². The molecule has 2 rings (SSSR count). The van der Waals surface area contributed by atoms with Crippen LogP contribution in [0.1, 0.15) is 44.4 Å². The molecule has 7 heteroatoms. The summed E-state index contributed by atoms with van der Waals surface area (Å²) in [6, 6.07) is 0. The zero-order valence-electron chi connectivity index (χ0n) is 10.6. The number of hydrogen-bond donors (Lipinski definition) is 0. The van der Waals surface area contributed by atoms with Gasteiger partial charge in [-0.15, -0.1) is 0 Å². The van der Waals surface area contributed by atoms with Crippen molar-refractivity contribution < 1.29 is 12.9 Å². The number of piperidine rings is 1. The van der Waals surface area contributed by atoms with Gasteiger partial charge in [-0.2, -0.15) is 4.98 Å². The summed E-state index contributed by atoms with van der Waals surface area (Å²) >= 11 is 0. The molecule has 0 spiro atoms. The molecule has 0 saturated carbocycles. The van der Waals surface area contributed by atoms with Gasteiger partial charge in [-0.25, -0.2) is 12.7 Å². The largest absolute Gasteiger partial charge is 0.339 e. The van der Waals surface area contributed by atoms with E-state index in [-0.39, 0.29) is 11.7 Å². The second-order valence-corrected chi connectivity index (χ2v) is 6.71. The average Bonchev–Trinajstić information content (AvgIpc) is 2.90. The fourth-order valence-corrected chi connectivity index (χ4v) is 3.88. The molecule has 0 bridgehead atoms. The molecule has 0 N–H and O–H groups in total. The predicted octanol–water partition coefficient (Wildman–Crippen LogP) is 1.38. The Kier molecular flexibility index (Phi) is 4.34. The van der Waals surface area contributed by atoms with Gasteiger partial charge in [0.25, 0.3) is 0 Å². The first-order chi connectivity index (χ1) is 8.63. The van der Waals surface area contributed by atoms with Crippen molar-refractivity contribution in [1.82, 2.24) is 14.4 Å². The quantitative estimate of drug-likeness (QED) is 0.810. The van der Waals surface area contributed by atoms with Gasteiger partial charge >= 0.3 is 0 Å². The topological polar surface area (TPSA) is 76.3 Å². The number of unbranched alkanes of at least 4 members (excludes halogenated alkanes) is 1. The molecule has 18 heavy (non-hydrogen) atoms. The van der Waals surface area contributed by atoms with Crippen molar-refractivity contribution in [1.29, 1.82) is 0 Å². The maximum atomic E-state index is 12.0. The molecule has 0 radical (unpaired) electrons. The highest BCUT2D eigenvalue weighted by atomic mass is 32.2. The molecule has 1 aliphatic rings. The lowest BCUT2D eigenvalue weighted by Crippen LogP contribution is -2.39. The minimum atomic E-state index is -3.07. The first-order valence-corrected chi connectivity index (χ1v) is 7.99. The summed E-state index contributed by atoms with van der Waals surface area (Å²) in [5.74, 6) is 1.08. The Morgan fingerprint density at radius 1 is 1.44 bits per heavy atom. The van der Waals surface area contributed by atoms with Crippen LogP contribution in [0.3, 0.4) is 0 Å². The van der Waals surface area contributed by atoms with Gasteiger partial charge in [0.15, 0.2) is 6.33 Å². The smallest absolute Gasteiger partial charge is 0.229 e. The lowest BCUT2D eigenvalue weighted by molar-refractivity contribution is 0.270. The van der Waals surface area contributed by atoms with E-state index in [1.54, 1.807) is 4.31 Å². The number of sulfonamides is 1. The van der Waals surface area contributed by atoms with Gasteiger partial charge in [0, 0.05) is 19.0 Å². The van der Waals surface area contributed by atoms with Crippen LogP contribution in [0.4, 0.5) is 0 Å². The van der Waals surface area contributed by atoms with Crippen molar-refractivity contribution in [3.8, 4) is 0 Å². The number of hydrogen-bond acceptors (Lipinski definition) is 5. The Morgan fingerprint density at radius 3 is 2.72 bits per heavy atom. The van der Waals surface area contributed by atoms with Gasteiger partial charge < -0.3 is 4.52 Å². The second kappa shape index (κ2) is 5.79. The minimum Gasteiger partial charge on any atom is -0.339 e. The van der Waals surface area contributed by atoms with Crippen LogP contribution in [0.25, 0.3) is 0 Å². The normalized spacial score (nSPS) is 19.2. The molecule has 1 aliphatic heterocycles. The third-order valence-corrected chi connectivity index (χ3v) is 5.29. The van der Waals surface area contributed by atoms with Crippen molar-refractivity contribution >= 4 is 10.0 Å². The van der Waals surface area contributed by atoms with Gasteiger partial charge in [0.1, 0.15) is 0 Å². The molecule has 0 unspecified atom stereocenters. The first kappa shape index (κ1) is 13.5. The van der Waals surface area contributed by atoms with Crippen LogP contribution in [0.5, 0.6) is 0 Å². The average molecular weight is 273 g/mol. The molecule has 1 aromatic rings. The minimum absolute atomic E-state index is 0.199. The van der Waals surface area contributed by atoms with Crippen molar-refractivity contribution in [2.24, 2.45) is 0 Å². The maximum Gasteiger partial charge on any atom is 0.229 e. The van der Waals surface area contributed by atoms with Gasteiger partial charge in [0.2, 0.25) is 15.9 Å². The van der Waals surface area contributed by atoms with Gasteiger partial charge in [-0.05, 0) is 19.3 Å². The fraction of sp³-hybridized carbons (Fsp3) is 0.818. The Balaban J connectivity index is 1.90. The standard InChI is InChI=1S/C11H19N3O3S/c1-2-3-8-18(15,16)14-6-4-10(5-7-14)11-12-9-13-17-11/h9-10H,2-8H2,1H3. The molecule has 0 amide bonds. The molecule has 102 valence electrons. The van der Waals surface area contributed by atoms with Crippen LogP contribution >= 0.6 is 0 Å². The molecule has 0 atom stereocenters. The van der Waals surface area contributed by atoms with E-state index in [1.165, 1.54) is 6.33 Å². The van der Waals surface area contributed by atoms with Crippen molar-refractivity contribution in [3.63, 3.8) is 0 Å². The molecule has 2 heterocycles. The molecule has 1 aromatic heterocycles. The van der Waals surface area contributed by atoms with Gasteiger partial charge in [0.05, 0.1) is 5.75 Å². The Hall–Kier alpha value is -0.950. The highest BCUT2D eigenvalue weighted by molar-refractivity contribution is 7.89. The SMILES string of the molecule is CCCCS(=O)(=O)N1CCC(c2ncno2)CC1. The molecule has 1 fully saturated rings. The molecule has 0 aromatic carbocycles. The lowest BCUT2D eigenvalue weighted by Gasteiger charge is -2.29. The van der Waals surface area contributed by atoms with Crippen molar-refractivity contribution in [2.45, 2.75) is 38.5 Å². The summed E-state index contributed by atoms with van der Waals surface area (Å²) in [6.07, 6.45) is 4.53. The van der Waals surface area contributed by atoms with Crippen LogP contribution in [-0.2, 0) is 10.0 Å². The van der Waals surface area contributed by atoms with E-state index >= 15 is 0 Å². The Bertz CT molecular complexity index is 450. The van der Waals surface area contributed by atoms with E-state index in [1.807, 2.05) is 6.92 Å². The molecule has 6 nitrogen and oxygen atoms in total. The highest BCUT2D eigenvalue weighted by Gasteiger charge is 2.30. The lowest BCUT2D eigenvalue weighted by atomic mass is 9.98. The van der Waals surface area contributed by atoms with E-state index in [0.29, 0.717) is 19.0 Å². The number of nitrogens with zero attached hydrogens (tertiary/aromatic N) is 3. The van der Waals surface area contributed by atoms with E-state index in [0.717, 1.165) is 25.7 Å². The summed E-state index contributed by atoms with van der Waals surface area (Å²) < 4.78 is 30.6. The molecular weight excluding hydrogens is 254 g/mol. The maximum absolute atomic E-state index is 12.0. The van der Waals surface area contributed by atoms with Crippen LogP contribution < -0.4 is 0 Å². The zero-order valence-corrected chi connectivity index (χ0v) is 11.4. The summed E-state index contributed by atoms with van der Waals surface area (Å²) in [4.78, 5) is 4.03. The van der Waals surface area contributed by atoms with Gasteiger partial charge in [-0.1, -0.05) is 18.5 Å². The predicted molar refractivity (Wildman–Crippen MR) is 66.5 cm³/mol. The number of aromatic nitrogens is 2. The van der Waals surface area contributed by atoms with Crippen LogP contribution in [-0.4, -0.2) is 41.7 Å². The highest BCUT2D eigenvalue weighted by Crippen LogP contribution is 2.27. The van der Waals surface area contributed by atoms with E-state index < -0.39 is 10.0 Å². The monoisotopic (exact) mass is 273 g/mol. The van der Waals surface area contributed by atoms with E-state index in [2.05, 4.69) is 10.1 Å². The van der Waals surface area contributed by atoms with E-state index in [9.17, 15) is 8.42 Å². The summed E-state index contributed by atoms with van der Waals surface area (Å²) in [7, 11) is -3.07. The number of rotatable bonds is 5. The summed E-state index contributed by atoms with van der Waals surface area (Å²) in [5.41, 5.74) is 0. The summed E-state index contributed by atoms with van der Waals surface area (Å²) in [6.45, 7) is 3.11. The fourth-order valence-electron chi connectivity index (χ4n) is 2.20. The van der Waals surface area contributed by atoms with Crippen molar-refractivity contribution in [2.75, 3.05) is 18.8 Å². The van der Waals surface area contributed by atoms with E-state index in [4.69, 9.17) is 4.52 Å². The molecule has 1 saturated heterocycles. The zero-order chi connectivity index (χ0) is 13.0. The summed E-state index contributed by atoms with van der Waals surface area (Å²) in [5, 5.41) is 3.59. The Labute approximate surface area is 107 Å². The van der Waals surface area contributed by atoms with Crippen LogP contribution in [0.2, 0.25) is 0 Å². The molecular formula is C11H19N3O3S. The van der Waals surface area contributed by atoms with Crippen LogP contribution in [0, 0.1) is 0 Å². The van der Waals surface area contributed by atoms with Crippen LogP contribution in [0.15, 0.2) is 10.9 Å².